The van der Waals surface area contributed by atoms with Crippen molar-refractivity contribution in [1.29, 1.82) is 0 Å². The predicted octanol–water partition coefficient (Wildman–Crippen LogP) is 23.9. The van der Waals surface area contributed by atoms with Gasteiger partial charge in [-0.25, -0.2) is 0 Å². The summed E-state index contributed by atoms with van der Waals surface area (Å²) >= 11 is 0. The maximum Gasteiger partial charge on any atom is 0.0726 e. The van der Waals surface area contributed by atoms with Gasteiger partial charge in [0.25, 0.3) is 0 Å². The van der Waals surface area contributed by atoms with Gasteiger partial charge in [0.1, 0.15) is 0 Å². The van der Waals surface area contributed by atoms with Crippen molar-refractivity contribution < 1.29 is 0 Å². The summed E-state index contributed by atoms with van der Waals surface area (Å²) in [5.74, 6) is 0. The highest BCUT2D eigenvalue weighted by atomic mass is 15.1. The molecule has 14 aromatic carbocycles. The Kier molecular flexibility index (Phi) is 13.9. The quantitative estimate of drug-likeness (QED) is 0.132. The highest BCUT2D eigenvalue weighted by Crippen LogP contribution is 2.63. The van der Waals surface area contributed by atoms with E-state index in [9.17, 15) is 0 Å². The Bertz CT molecular complexity index is 5120. The van der Waals surface area contributed by atoms with Crippen molar-refractivity contribution >= 4 is 38.9 Å². The van der Waals surface area contributed by atoms with E-state index in [1.807, 2.05) is 0 Å². The minimum Gasteiger partial charge on any atom is -0.310 e. The lowest BCUT2D eigenvalue weighted by atomic mass is 9.70. The summed E-state index contributed by atoms with van der Waals surface area (Å²) in [7, 11) is 0. The number of anilines is 3. The van der Waals surface area contributed by atoms with Crippen LogP contribution in [0.15, 0.2) is 340 Å². The van der Waals surface area contributed by atoms with Gasteiger partial charge in [-0.2, -0.15) is 0 Å². The first-order chi connectivity index (χ1) is 45.2. The zero-order chi connectivity index (χ0) is 61.9. The first-order valence-corrected chi connectivity index (χ1v) is 32.1. The van der Waals surface area contributed by atoms with Gasteiger partial charge in [-0.3, -0.25) is 0 Å². The van der Waals surface area contributed by atoms with Crippen LogP contribution in [0.1, 0.15) is 58.4 Å². The van der Waals surface area contributed by atoms with Crippen LogP contribution in [0.5, 0.6) is 0 Å². The first-order valence-electron chi connectivity index (χ1n) is 32.1. The number of hydrogen-bond donors (Lipinski definition) is 0. The monoisotopic (exact) mass is 1180 g/mol. The maximum atomic E-state index is 2.46. The molecule has 1 spiro atoms. The molecule has 0 atom stereocenters. The van der Waals surface area contributed by atoms with Gasteiger partial charge in [0.15, 0.2) is 0 Å². The zero-order valence-corrected chi connectivity index (χ0v) is 52.2. The Hall–Kier alpha value is -11.3. The Morgan fingerprint density at radius 3 is 1.13 bits per heavy atom. The molecule has 0 N–H and O–H groups in total. The Morgan fingerprint density at radius 2 is 0.630 bits per heavy atom. The lowest BCUT2D eigenvalue weighted by Crippen LogP contribution is -2.26. The molecular formula is C90H68N2. The molecule has 438 valence electrons. The highest BCUT2D eigenvalue weighted by molar-refractivity contribution is 6.10. The van der Waals surface area contributed by atoms with Gasteiger partial charge in [0, 0.05) is 38.9 Å². The number of benzene rings is 14. The molecular weight excluding hydrogens is 1110 g/mol. The van der Waals surface area contributed by atoms with E-state index < -0.39 is 5.41 Å². The van der Waals surface area contributed by atoms with Gasteiger partial charge in [-0.1, -0.05) is 287 Å². The van der Waals surface area contributed by atoms with E-state index in [4.69, 9.17) is 0 Å². The summed E-state index contributed by atoms with van der Waals surface area (Å²) in [6.45, 7) is 8.99. The third-order valence-electron chi connectivity index (χ3n) is 19.7. The molecule has 17 rings (SSSR count). The van der Waals surface area contributed by atoms with E-state index >= 15 is 0 Å². The molecule has 0 bridgehead atoms. The molecule has 2 heteroatoms. The molecule has 2 aliphatic carbocycles. The van der Waals surface area contributed by atoms with E-state index in [0.717, 1.165) is 17.1 Å². The smallest absolute Gasteiger partial charge is 0.0726 e. The first kappa shape index (κ1) is 56.0. The van der Waals surface area contributed by atoms with Crippen LogP contribution in [0.4, 0.5) is 17.1 Å². The van der Waals surface area contributed by atoms with Gasteiger partial charge in [0.2, 0.25) is 0 Å². The minimum atomic E-state index is -0.409. The molecule has 1 aromatic heterocycles. The van der Waals surface area contributed by atoms with E-state index in [0.29, 0.717) is 0 Å². The van der Waals surface area contributed by atoms with Crippen molar-refractivity contribution in [2.24, 2.45) is 0 Å². The second-order valence-corrected chi connectivity index (χ2v) is 25.2. The molecule has 2 aliphatic rings. The third-order valence-corrected chi connectivity index (χ3v) is 19.7. The van der Waals surface area contributed by atoms with Crippen LogP contribution >= 0.6 is 0 Å². The predicted molar refractivity (Wildman–Crippen MR) is 388 cm³/mol. The van der Waals surface area contributed by atoms with Gasteiger partial charge >= 0.3 is 0 Å². The number of nitrogens with zero attached hydrogens (tertiary/aromatic N) is 2. The molecule has 0 radical (unpaired) electrons. The van der Waals surface area contributed by atoms with Crippen molar-refractivity contribution in [2.75, 3.05) is 4.90 Å². The summed E-state index contributed by atoms with van der Waals surface area (Å²) < 4.78 is 2.37. The summed E-state index contributed by atoms with van der Waals surface area (Å²) in [5.41, 5.74) is 32.4. The van der Waals surface area contributed by atoms with Crippen LogP contribution in [-0.4, -0.2) is 4.57 Å². The minimum absolute atomic E-state index is 0.0662. The van der Waals surface area contributed by atoms with Crippen molar-refractivity contribution in [3.63, 3.8) is 0 Å². The fraction of sp³-hybridized carbons (Fsp3) is 0.0667. The average molecular weight is 1180 g/mol. The van der Waals surface area contributed by atoms with Crippen LogP contribution in [-0.2, 0) is 10.8 Å². The van der Waals surface area contributed by atoms with E-state index in [1.165, 1.54) is 139 Å². The molecule has 15 aromatic rings. The third kappa shape index (κ3) is 9.40. The van der Waals surface area contributed by atoms with Crippen molar-refractivity contribution in [3.05, 3.63) is 384 Å². The maximum absolute atomic E-state index is 2.46. The van der Waals surface area contributed by atoms with E-state index in [1.54, 1.807) is 0 Å². The summed E-state index contributed by atoms with van der Waals surface area (Å²) in [5, 5.41) is 2.53. The Labute approximate surface area is 540 Å². The molecule has 0 saturated heterocycles. The van der Waals surface area contributed by atoms with Gasteiger partial charge in [0.05, 0.1) is 16.4 Å². The number of para-hydroxylation sites is 3. The van der Waals surface area contributed by atoms with Crippen LogP contribution < -0.4 is 4.90 Å². The van der Waals surface area contributed by atoms with Crippen molar-refractivity contribution in [2.45, 2.75) is 38.5 Å². The second kappa shape index (κ2) is 22.9. The summed E-state index contributed by atoms with van der Waals surface area (Å²) in [4.78, 5) is 2.40. The number of hydrogen-bond acceptors (Lipinski definition) is 1. The standard InChI is InChI=1S/C73H48N2.C17H20/c1-3-15-57(16-4-1)74(60-44-45-64-63-21-9-13-25-69(63)73(70(64)48-60)67-23-11-7-19-61(67)62-20-8-12-24-68(62)73)59-42-39-54(40-43-59)53-33-31-50(32-34-53)49-27-29-51(30-28-49)52-35-37-55(38-36-52)56-41-46-72-66(47-56)65-22-10-14-26-71(65)75(72)58-17-5-2-6-18-58;1-13-9-5-7-11-15(13)17(3,4)16-12-8-6-10-14(16)2/h1-48H;5-12H,1-4H3. The molecule has 1 heterocycles. The van der Waals surface area contributed by atoms with E-state index in [2.05, 4.69) is 377 Å². The Balaban J connectivity index is 0.000000345. The van der Waals surface area contributed by atoms with Gasteiger partial charge < -0.3 is 9.47 Å². The fourth-order valence-electron chi connectivity index (χ4n) is 15.3. The van der Waals surface area contributed by atoms with Crippen molar-refractivity contribution in [3.8, 4) is 72.4 Å². The molecule has 0 fully saturated rings. The van der Waals surface area contributed by atoms with Gasteiger partial charge in [-0.05, 0) is 192 Å². The molecule has 0 saturated carbocycles. The molecule has 92 heavy (non-hydrogen) atoms. The Morgan fingerprint density at radius 1 is 0.272 bits per heavy atom. The summed E-state index contributed by atoms with van der Waals surface area (Å²) in [6, 6.07) is 125. The number of aromatic nitrogens is 1. The van der Waals surface area contributed by atoms with Gasteiger partial charge in [-0.15, -0.1) is 0 Å². The lowest BCUT2D eigenvalue weighted by Gasteiger charge is -2.32. The highest BCUT2D eigenvalue weighted by Gasteiger charge is 2.51. The molecule has 0 amide bonds. The number of aryl methyl sites for hydroxylation is 2. The largest absolute Gasteiger partial charge is 0.310 e. The average Bonchev–Trinajstić information content (AvgIpc) is 1.51. The SMILES string of the molecule is Cc1ccccc1C(C)(C)c1ccccc1C.c1ccc(N(c2ccc(-c3ccc(-c4ccc(-c5ccc(-c6ccc7c(c6)c6ccccc6n7-c6ccccc6)cc5)cc4)cc3)cc2)c2ccc3c(c2)C2(c4ccccc4-c4ccccc42)c2ccccc2-3)cc1. The van der Waals surface area contributed by atoms with Crippen LogP contribution in [0.2, 0.25) is 0 Å². The van der Waals surface area contributed by atoms with E-state index in [-0.39, 0.29) is 5.41 Å². The topological polar surface area (TPSA) is 8.17 Å². The van der Waals surface area contributed by atoms with Crippen molar-refractivity contribution in [1.82, 2.24) is 4.57 Å². The molecule has 0 aliphatic heterocycles. The fourth-order valence-corrected chi connectivity index (χ4v) is 15.3. The lowest BCUT2D eigenvalue weighted by molar-refractivity contribution is 0.631. The zero-order valence-electron chi connectivity index (χ0n) is 52.2. The van der Waals surface area contributed by atoms with Crippen LogP contribution in [0.3, 0.4) is 0 Å². The second-order valence-electron chi connectivity index (χ2n) is 25.2. The van der Waals surface area contributed by atoms with Crippen LogP contribution in [0.25, 0.3) is 94.3 Å². The molecule has 2 nitrogen and oxygen atoms in total. The molecule has 0 unspecified atom stereocenters. The summed E-state index contributed by atoms with van der Waals surface area (Å²) in [6.07, 6.45) is 0. The van der Waals surface area contributed by atoms with Crippen LogP contribution in [0, 0.1) is 13.8 Å². The number of fused-ring (bicyclic) bond motifs is 13. The number of rotatable bonds is 10. The normalized spacial score (nSPS) is 12.4.